The van der Waals surface area contributed by atoms with Crippen LogP contribution in [0.3, 0.4) is 0 Å². The van der Waals surface area contributed by atoms with E-state index in [1.807, 2.05) is 42.6 Å². The summed E-state index contributed by atoms with van der Waals surface area (Å²) in [6.07, 6.45) is 2.74. The number of pyridine rings is 1. The van der Waals surface area contributed by atoms with Crippen LogP contribution in [0.25, 0.3) is 16.8 Å². The van der Waals surface area contributed by atoms with E-state index in [0.717, 1.165) is 28.8 Å². The molecule has 0 aliphatic heterocycles. The molecule has 0 aromatic carbocycles. The summed E-state index contributed by atoms with van der Waals surface area (Å²) in [4.78, 5) is 15.2. The Morgan fingerprint density at radius 1 is 1.33 bits per heavy atom. The summed E-state index contributed by atoms with van der Waals surface area (Å²) >= 11 is 0. The van der Waals surface area contributed by atoms with Gasteiger partial charge in [0.1, 0.15) is 0 Å². The fourth-order valence-electron chi connectivity index (χ4n) is 2.18. The van der Waals surface area contributed by atoms with Crippen LogP contribution in [0.5, 0.6) is 0 Å². The molecular weight excluding hydrogens is 228 g/mol. The molecule has 0 N–H and O–H groups in total. The van der Waals surface area contributed by atoms with Gasteiger partial charge in [-0.05, 0) is 25.1 Å². The van der Waals surface area contributed by atoms with Crippen molar-refractivity contribution < 1.29 is 9.21 Å². The van der Waals surface area contributed by atoms with Gasteiger partial charge in [0.05, 0.1) is 11.4 Å². The Morgan fingerprint density at radius 3 is 2.83 bits per heavy atom. The summed E-state index contributed by atoms with van der Waals surface area (Å²) in [6, 6.07) is 7.58. The van der Waals surface area contributed by atoms with Crippen molar-refractivity contribution in [3.05, 3.63) is 47.7 Å². The van der Waals surface area contributed by atoms with E-state index in [4.69, 9.17) is 4.42 Å². The fraction of sp³-hybridized carbons (Fsp3) is 0.143. The summed E-state index contributed by atoms with van der Waals surface area (Å²) in [6.45, 7) is 3.73. The predicted octanol–water partition coefficient (Wildman–Crippen LogP) is 3.02. The summed E-state index contributed by atoms with van der Waals surface area (Å²) in [5.41, 5.74) is 3.37. The first-order chi connectivity index (χ1) is 8.69. The number of nitrogens with zero attached hydrogens (tertiary/aromatic N) is 2. The molecule has 3 heterocycles. The molecule has 0 aliphatic rings. The highest BCUT2D eigenvalue weighted by Crippen LogP contribution is 2.27. The van der Waals surface area contributed by atoms with E-state index in [-0.39, 0.29) is 0 Å². The van der Waals surface area contributed by atoms with Crippen LogP contribution in [-0.2, 0) is 0 Å². The Hall–Kier alpha value is -2.36. The molecule has 18 heavy (non-hydrogen) atoms. The maximum absolute atomic E-state index is 11.0. The molecular formula is C14H12N2O2. The lowest BCUT2D eigenvalue weighted by Crippen LogP contribution is -1.91. The molecule has 0 radical (unpaired) electrons. The van der Waals surface area contributed by atoms with E-state index in [2.05, 4.69) is 4.98 Å². The van der Waals surface area contributed by atoms with E-state index in [0.29, 0.717) is 11.6 Å². The van der Waals surface area contributed by atoms with E-state index in [1.165, 1.54) is 0 Å². The zero-order valence-electron chi connectivity index (χ0n) is 10.2. The van der Waals surface area contributed by atoms with Crippen molar-refractivity contribution in [2.75, 3.05) is 0 Å². The summed E-state index contributed by atoms with van der Waals surface area (Å²) in [5.74, 6) is 1.40. The average molecular weight is 240 g/mol. The lowest BCUT2D eigenvalue weighted by molar-refractivity contribution is 0.111. The number of fused-ring (bicyclic) bond motifs is 1. The van der Waals surface area contributed by atoms with Gasteiger partial charge in [0.25, 0.3) is 0 Å². The van der Waals surface area contributed by atoms with E-state index in [1.54, 1.807) is 6.07 Å². The van der Waals surface area contributed by atoms with Gasteiger partial charge in [-0.25, -0.2) is 4.98 Å². The molecule has 0 fully saturated rings. The number of hydrogen-bond acceptors (Lipinski definition) is 3. The lowest BCUT2D eigenvalue weighted by atomic mass is 10.2. The molecule has 4 heteroatoms. The van der Waals surface area contributed by atoms with Gasteiger partial charge in [-0.2, -0.15) is 0 Å². The van der Waals surface area contributed by atoms with Crippen LogP contribution in [0.4, 0.5) is 0 Å². The van der Waals surface area contributed by atoms with E-state index in [9.17, 15) is 4.79 Å². The Kier molecular flexibility index (Phi) is 2.30. The molecule has 0 atom stereocenters. The number of aryl methyl sites for hydroxylation is 2. The molecule has 0 amide bonds. The van der Waals surface area contributed by atoms with Crippen molar-refractivity contribution >= 4 is 11.8 Å². The number of carbonyl (C=O) groups is 1. The fourth-order valence-corrected chi connectivity index (χ4v) is 2.18. The van der Waals surface area contributed by atoms with Crippen molar-refractivity contribution in [2.45, 2.75) is 13.8 Å². The van der Waals surface area contributed by atoms with Gasteiger partial charge in [-0.1, -0.05) is 6.07 Å². The zero-order chi connectivity index (χ0) is 12.7. The summed E-state index contributed by atoms with van der Waals surface area (Å²) < 4.78 is 7.44. The van der Waals surface area contributed by atoms with Crippen molar-refractivity contribution in [2.24, 2.45) is 0 Å². The SMILES string of the molecule is Cc1nc(C)c(-c2cc3cccc(C=O)n3c2)o1. The van der Waals surface area contributed by atoms with Crippen LogP contribution in [0, 0.1) is 13.8 Å². The number of aldehydes is 1. The Labute approximate surface area is 104 Å². The molecule has 3 aromatic heterocycles. The minimum absolute atomic E-state index is 0.618. The lowest BCUT2D eigenvalue weighted by Gasteiger charge is -1.96. The first kappa shape index (κ1) is 10.8. The normalized spacial score (nSPS) is 11.0. The van der Waals surface area contributed by atoms with Gasteiger partial charge < -0.3 is 8.82 Å². The Bertz CT molecular complexity index is 737. The highest BCUT2D eigenvalue weighted by Gasteiger charge is 2.12. The minimum Gasteiger partial charge on any atom is -0.441 e. The van der Waals surface area contributed by atoms with Crippen molar-refractivity contribution in [3.63, 3.8) is 0 Å². The smallest absolute Gasteiger partial charge is 0.192 e. The molecule has 0 spiro atoms. The minimum atomic E-state index is 0.618. The van der Waals surface area contributed by atoms with Gasteiger partial charge in [0.15, 0.2) is 17.9 Å². The highest BCUT2D eigenvalue weighted by atomic mass is 16.4. The second-order valence-corrected chi connectivity index (χ2v) is 4.24. The molecule has 3 aromatic rings. The van der Waals surface area contributed by atoms with Crippen LogP contribution in [0.2, 0.25) is 0 Å². The molecule has 3 rings (SSSR count). The third-order valence-electron chi connectivity index (χ3n) is 2.95. The highest BCUT2D eigenvalue weighted by molar-refractivity contribution is 5.77. The molecule has 0 bridgehead atoms. The van der Waals surface area contributed by atoms with Crippen LogP contribution < -0.4 is 0 Å². The summed E-state index contributed by atoms with van der Waals surface area (Å²) in [5, 5.41) is 0. The second kappa shape index (κ2) is 3.84. The van der Waals surface area contributed by atoms with Crippen LogP contribution in [-0.4, -0.2) is 15.7 Å². The average Bonchev–Trinajstić information content (AvgIpc) is 2.91. The first-order valence-electron chi connectivity index (χ1n) is 5.70. The van der Waals surface area contributed by atoms with Crippen LogP contribution in [0.15, 0.2) is 34.9 Å². The van der Waals surface area contributed by atoms with Crippen LogP contribution in [0.1, 0.15) is 22.1 Å². The van der Waals surface area contributed by atoms with Crippen molar-refractivity contribution in [1.29, 1.82) is 0 Å². The molecule has 0 saturated heterocycles. The number of rotatable bonds is 2. The maximum atomic E-state index is 11.0. The molecule has 90 valence electrons. The second-order valence-electron chi connectivity index (χ2n) is 4.24. The number of oxazole rings is 1. The molecule has 0 aliphatic carbocycles. The number of carbonyl (C=O) groups excluding carboxylic acids is 1. The number of aromatic nitrogens is 2. The predicted molar refractivity (Wildman–Crippen MR) is 67.8 cm³/mol. The molecule has 4 nitrogen and oxygen atoms in total. The van der Waals surface area contributed by atoms with Gasteiger partial charge in [0.2, 0.25) is 0 Å². The Balaban J connectivity index is 2.25. The van der Waals surface area contributed by atoms with Gasteiger partial charge in [0, 0.05) is 24.2 Å². The monoisotopic (exact) mass is 240 g/mol. The number of hydrogen-bond donors (Lipinski definition) is 0. The molecule has 0 unspecified atom stereocenters. The van der Waals surface area contributed by atoms with Crippen molar-refractivity contribution in [3.8, 4) is 11.3 Å². The third-order valence-corrected chi connectivity index (χ3v) is 2.95. The third kappa shape index (κ3) is 1.54. The zero-order valence-corrected chi connectivity index (χ0v) is 10.2. The largest absolute Gasteiger partial charge is 0.441 e. The van der Waals surface area contributed by atoms with Crippen LogP contribution >= 0.6 is 0 Å². The standard InChI is InChI=1S/C14H12N2O2/c1-9-14(18-10(2)15-9)11-6-12-4-3-5-13(8-17)16(12)7-11/h3-8H,1-2H3. The quantitative estimate of drug-likeness (QED) is 0.647. The maximum Gasteiger partial charge on any atom is 0.192 e. The van der Waals surface area contributed by atoms with Gasteiger partial charge in [-0.15, -0.1) is 0 Å². The Morgan fingerprint density at radius 2 is 2.17 bits per heavy atom. The van der Waals surface area contributed by atoms with E-state index < -0.39 is 0 Å². The van der Waals surface area contributed by atoms with Gasteiger partial charge in [-0.3, -0.25) is 4.79 Å². The summed E-state index contributed by atoms with van der Waals surface area (Å²) in [7, 11) is 0. The van der Waals surface area contributed by atoms with Crippen molar-refractivity contribution in [1.82, 2.24) is 9.38 Å². The molecule has 0 saturated carbocycles. The van der Waals surface area contributed by atoms with Gasteiger partial charge >= 0.3 is 0 Å². The first-order valence-corrected chi connectivity index (χ1v) is 5.70. The van der Waals surface area contributed by atoms with E-state index >= 15 is 0 Å². The topological polar surface area (TPSA) is 47.5 Å².